The molecule has 1 unspecified atom stereocenters. The molecule has 1 fully saturated rings. The number of nitrogens with two attached hydrogens (primary N) is 1. The highest BCUT2D eigenvalue weighted by molar-refractivity contribution is 7.89. The van der Waals surface area contributed by atoms with Gasteiger partial charge in [-0.15, -0.1) is 0 Å². The minimum atomic E-state index is -4.55. The Morgan fingerprint density at radius 1 is 1.56 bits per heavy atom. The molecule has 96 valence electrons. The average molecular weight is 258 g/mol. The van der Waals surface area contributed by atoms with Crippen molar-refractivity contribution in [1.82, 2.24) is 4.31 Å². The first kappa shape index (κ1) is 13.8. The summed E-state index contributed by atoms with van der Waals surface area (Å²) in [7, 11) is -4.55. The van der Waals surface area contributed by atoms with E-state index in [-0.39, 0.29) is 19.6 Å². The average Bonchev–Trinajstić information content (AvgIpc) is 2.14. The van der Waals surface area contributed by atoms with Crippen LogP contribution in [-0.4, -0.2) is 49.8 Å². The molecule has 0 aromatic rings. The number of hydrogen-bond donors (Lipinski definition) is 1. The third kappa shape index (κ3) is 2.88. The maximum absolute atomic E-state index is 12.4. The van der Waals surface area contributed by atoms with Crippen molar-refractivity contribution in [3.8, 4) is 0 Å². The molecule has 0 bridgehead atoms. The Balaban J connectivity index is 2.90. The zero-order chi connectivity index (χ0) is 12.6. The molecule has 0 amide bonds. The minimum absolute atomic E-state index is 0.0871. The molecule has 0 saturated carbocycles. The fourth-order valence-corrected chi connectivity index (χ4v) is 2.76. The third-order valence-corrected chi connectivity index (χ3v) is 3.75. The van der Waals surface area contributed by atoms with Gasteiger partial charge in [0.05, 0.1) is 11.7 Å². The maximum Gasteiger partial charge on any atom is 0.350 e. The summed E-state index contributed by atoms with van der Waals surface area (Å²) in [5.41, 5.74) is 4.57. The Kier molecular flexibility index (Phi) is 3.88. The summed E-state index contributed by atoms with van der Waals surface area (Å²) < 4.78 is 53.6. The SMILES string of the molecule is CC1(C)CN(S(=O)(=O)C(F)F)CC(CN)O1. The smallest absolute Gasteiger partial charge is 0.350 e. The summed E-state index contributed by atoms with van der Waals surface area (Å²) in [6, 6.07) is 0. The van der Waals surface area contributed by atoms with Crippen LogP contribution >= 0.6 is 0 Å². The fourth-order valence-electron chi connectivity index (χ4n) is 1.67. The van der Waals surface area contributed by atoms with E-state index in [0.717, 1.165) is 4.31 Å². The molecular formula is C8H16F2N2O3S. The summed E-state index contributed by atoms with van der Waals surface area (Å²) in [6.07, 6.45) is -0.544. The molecule has 1 saturated heterocycles. The highest BCUT2D eigenvalue weighted by atomic mass is 32.2. The van der Waals surface area contributed by atoms with Gasteiger partial charge in [-0.05, 0) is 13.8 Å². The van der Waals surface area contributed by atoms with E-state index in [1.54, 1.807) is 13.8 Å². The molecule has 0 spiro atoms. The van der Waals surface area contributed by atoms with Gasteiger partial charge in [0.15, 0.2) is 0 Å². The van der Waals surface area contributed by atoms with Crippen LogP contribution in [0.15, 0.2) is 0 Å². The van der Waals surface area contributed by atoms with Crippen LogP contribution in [0.5, 0.6) is 0 Å². The van der Waals surface area contributed by atoms with Gasteiger partial charge in [-0.25, -0.2) is 8.42 Å². The van der Waals surface area contributed by atoms with Crippen molar-refractivity contribution in [3.05, 3.63) is 0 Å². The largest absolute Gasteiger partial charge is 0.368 e. The van der Waals surface area contributed by atoms with Gasteiger partial charge in [0.25, 0.3) is 10.0 Å². The number of hydrogen-bond acceptors (Lipinski definition) is 4. The van der Waals surface area contributed by atoms with Gasteiger partial charge in [0.2, 0.25) is 0 Å². The number of nitrogens with zero attached hydrogens (tertiary/aromatic N) is 1. The minimum Gasteiger partial charge on any atom is -0.368 e. The molecule has 1 rings (SSSR count). The van der Waals surface area contributed by atoms with E-state index in [0.29, 0.717) is 0 Å². The van der Waals surface area contributed by atoms with Crippen LogP contribution in [0.25, 0.3) is 0 Å². The van der Waals surface area contributed by atoms with Crippen molar-refractivity contribution in [2.45, 2.75) is 31.3 Å². The van der Waals surface area contributed by atoms with Crippen LogP contribution in [0.1, 0.15) is 13.8 Å². The van der Waals surface area contributed by atoms with E-state index >= 15 is 0 Å². The molecule has 1 heterocycles. The van der Waals surface area contributed by atoms with E-state index in [2.05, 4.69) is 0 Å². The van der Waals surface area contributed by atoms with E-state index < -0.39 is 27.5 Å². The molecule has 0 aromatic carbocycles. The van der Waals surface area contributed by atoms with E-state index in [1.807, 2.05) is 0 Å². The quantitative estimate of drug-likeness (QED) is 0.772. The van der Waals surface area contributed by atoms with Gasteiger partial charge in [-0.1, -0.05) is 0 Å². The van der Waals surface area contributed by atoms with Gasteiger partial charge >= 0.3 is 5.76 Å². The Morgan fingerprint density at radius 2 is 2.12 bits per heavy atom. The lowest BCUT2D eigenvalue weighted by molar-refractivity contribution is -0.113. The molecule has 1 atom stereocenters. The molecule has 1 aliphatic heterocycles. The lowest BCUT2D eigenvalue weighted by Gasteiger charge is -2.41. The second-order valence-corrected chi connectivity index (χ2v) is 6.24. The summed E-state index contributed by atoms with van der Waals surface area (Å²) in [5, 5.41) is 0. The number of rotatable bonds is 3. The topological polar surface area (TPSA) is 72.6 Å². The van der Waals surface area contributed by atoms with Crippen LogP contribution in [0, 0.1) is 0 Å². The van der Waals surface area contributed by atoms with Crippen molar-refractivity contribution in [3.63, 3.8) is 0 Å². The van der Waals surface area contributed by atoms with Crippen molar-refractivity contribution in [1.29, 1.82) is 0 Å². The molecule has 1 aliphatic rings. The number of sulfonamides is 1. The zero-order valence-electron chi connectivity index (χ0n) is 9.19. The summed E-state index contributed by atoms with van der Waals surface area (Å²) in [4.78, 5) is 0. The molecular weight excluding hydrogens is 242 g/mol. The highest BCUT2D eigenvalue weighted by Gasteiger charge is 2.41. The van der Waals surface area contributed by atoms with Crippen molar-refractivity contribution in [2.24, 2.45) is 5.73 Å². The molecule has 5 nitrogen and oxygen atoms in total. The Morgan fingerprint density at radius 3 is 2.56 bits per heavy atom. The molecule has 0 aromatic heterocycles. The predicted octanol–water partition coefficient (Wildman–Crippen LogP) is -0.0231. The predicted molar refractivity (Wildman–Crippen MR) is 54.5 cm³/mol. The Labute approximate surface area is 93.6 Å². The van der Waals surface area contributed by atoms with Crippen LogP contribution in [-0.2, 0) is 14.8 Å². The monoisotopic (exact) mass is 258 g/mol. The standard InChI is InChI=1S/C8H16F2N2O3S/c1-8(2)5-12(4-6(3-11)15-8)16(13,14)7(9)10/h6-7H,3-5,11H2,1-2H3. The van der Waals surface area contributed by atoms with Crippen LogP contribution in [0.3, 0.4) is 0 Å². The number of ether oxygens (including phenoxy) is 1. The highest BCUT2D eigenvalue weighted by Crippen LogP contribution is 2.25. The number of alkyl halides is 2. The first-order chi connectivity index (χ1) is 7.19. The van der Waals surface area contributed by atoms with Gasteiger partial charge in [-0.3, -0.25) is 0 Å². The summed E-state index contributed by atoms with van der Waals surface area (Å²) >= 11 is 0. The van der Waals surface area contributed by atoms with Gasteiger partial charge in [-0.2, -0.15) is 13.1 Å². The van der Waals surface area contributed by atoms with E-state index in [4.69, 9.17) is 10.5 Å². The second kappa shape index (κ2) is 4.52. The van der Waals surface area contributed by atoms with Crippen LogP contribution in [0.4, 0.5) is 8.78 Å². The lowest BCUT2D eigenvalue weighted by atomic mass is 10.1. The second-order valence-electron chi connectivity index (χ2n) is 4.33. The molecule has 2 N–H and O–H groups in total. The number of halogens is 2. The zero-order valence-corrected chi connectivity index (χ0v) is 10.0. The van der Waals surface area contributed by atoms with Crippen molar-refractivity contribution < 1.29 is 21.9 Å². The normalized spacial score (nSPS) is 27.2. The van der Waals surface area contributed by atoms with Crippen LogP contribution in [0.2, 0.25) is 0 Å². The van der Waals surface area contributed by atoms with Crippen molar-refractivity contribution >= 4 is 10.0 Å². The van der Waals surface area contributed by atoms with E-state index in [1.165, 1.54) is 0 Å². The molecule has 0 radical (unpaired) electrons. The first-order valence-electron chi connectivity index (χ1n) is 4.84. The lowest BCUT2D eigenvalue weighted by Crippen LogP contribution is -2.57. The number of morpholine rings is 1. The van der Waals surface area contributed by atoms with Gasteiger partial charge in [0, 0.05) is 19.6 Å². The van der Waals surface area contributed by atoms with Crippen molar-refractivity contribution in [2.75, 3.05) is 19.6 Å². The third-order valence-electron chi connectivity index (χ3n) is 2.30. The summed E-state index contributed by atoms with van der Waals surface area (Å²) in [6.45, 7) is 3.17. The Bertz CT molecular complexity index is 345. The molecule has 8 heteroatoms. The Hall–Kier alpha value is -0.310. The van der Waals surface area contributed by atoms with Crippen LogP contribution < -0.4 is 5.73 Å². The first-order valence-corrected chi connectivity index (χ1v) is 6.34. The molecule has 16 heavy (non-hydrogen) atoms. The summed E-state index contributed by atoms with van der Waals surface area (Å²) in [5.74, 6) is -3.40. The fraction of sp³-hybridized carbons (Fsp3) is 1.00. The van der Waals surface area contributed by atoms with E-state index in [9.17, 15) is 17.2 Å². The van der Waals surface area contributed by atoms with Gasteiger partial charge < -0.3 is 10.5 Å². The van der Waals surface area contributed by atoms with Gasteiger partial charge in [0.1, 0.15) is 0 Å². The maximum atomic E-state index is 12.4. The molecule has 0 aliphatic carbocycles.